The van der Waals surface area contributed by atoms with Gasteiger partial charge in [0.1, 0.15) is 0 Å². The van der Waals surface area contributed by atoms with Crippen LogP contribution in [0.2, 0.25) is 0 Å². The molecule has 0 aliphatic carbocycles. The minimum Gasteiger partial charge on any atom is -0.336 e. The van der Waals surface area contributed by atoms with Gasteiger partial charge in [0.2, 0.25) is 17.7 Å². The van der Waals surface area contributed by atoms with E-state index in [9.17, 15) is 14.4 Å². The number of nitriles is 1. The summed E-state index contributed by atoms with van der Waals surface area (Å²) in [7, 11) is 1.54. The molecule has 0 unspecified atom stereocenters. The molecule has 7 nitrogen and oxygen atoms in total. The molecule has 2 aromatic carbocycles. The Morgan fingerprint density at radius 3 is 2.16 bits per heavy atom. The van der Waals surface area contributed by atoms with Gasteiger partial charge in [-0.25, -0.2) is 0 Å². The first-order valence-corrected chi connectivity index (χ1v) is 10.2. The van der Waals surface area contributed by atoms with Crippen molar-refractivity contribution >= 4 is 29.1 Å². The van der Waals surface area contributed by atoms with Crippen LogP contribution in [0.5, 0.6) is 0 Å². The van der Waals surface area contributed by atoms with E-state index in [-0.39, 0.29) is 50.1 Å². The van der Waals surface area contributed by atoms with E-state index in [4.69, 9.17) is 5.26 Å². The van der Waals surface area contributed by atoms with Crippen LogP contribution in [0.1, 0.15) is 30.4 Å². The third-order valence-corrected chi connectivity index (χ3v) is 4.92. The molecule has 2 aromatic rings. The topological polar surface area (TPSA) is 93.5 Å². The fourth-order valence-corrected chi connectivity index (χ4v) is 3.20. The molecule has 3 amide bonds. The van der Waals surface area contributed by atoms with Gasteiger partial charge in [0, 0.05) is 37.8 Å². The SMILES string of the molecule is Cc1cccc(C)c1NC(=O)CN(C)C(=O)CCC(=O)N(CCC#N)c1ccccc1. The van der Waals surface area contributed by atoms with Gasteiger partial charge in [0.05, 0.1) is 19.0 Å². The molecule has 0 fully saturated rings. The Balaban J connectivity index is 1.90. The van der Waals surface area contributed by atoms with Gasteiger partial charge in [-0.05, 0) is 37.1 Å². The summed E-state index contributed by atoms with van der Waals surface area (Å²) in [5.74, 6) is -0.819. The third-order valence-electron chi connectivity index (χ3n) is 4.92. The second-order valence-electron chi connectivity index (χ2n) is 7.35. The number of hydrogen-bond donors (Lipinski definition) is 1. The van der Waals surface area contributed by atoms with E-state index in [1.165, 1.54) is 9.80 Å². The van der Waals surface area contributed by atoms with E-state index in [2.05, 4.69) is 5.32 Å². The summed E-state index contributed by atoms with van der Waals surface area (Å²) in [4.78, 5) is 40.4. The van der Waals surface area contributed by atoms with Crippen LogP contribution < -0.4 is 10.2 Å². The van der Waals surface area contributed by atoms with Crippen LogP contribution in [-0.2, 0) is 14.4 Å². The van der Waals surface area contributed by atoms with Crippen molar-refractivity contribution in [2.24, 2.45) is 0 Å². The number of amides is 3. The number of benzene rings is 2. The summed E-state index contributed by atoms with van der Waals surface area (Å²) >= 11 is 0. The van der Waals surface area contributed by atoms with Crippen molar-refractivity contribution < 1.29 is 14.4 Å². The van der Waals surface area contributed by atoms with Gasteiger partial charge in [0.25, 0.3) is 0 Å². The number of carbonyl (C=O) groups is 3. The summed E-state index contributed by atoms with van der Waals surface area (Å²) in [6, 6.07) is 16.8. The van der Waals surface area contributed by atoms with Gasteiger partial charge in [0.15, 0.2) is 0 Å². The Bertz CT molecular complexity index is 946. The molecule has 0 heterocycles. The molecular weight excluding hydrogens is 392 g/mol. The first kappa shape index (κ1) is 23.6. The number of aryl methyl sites for hydroxylation is 2. The molecule has 0 aliphatic heterocycles. The number of likely N-dealkylation sites (N-methyl/N-ethyl adjacent to an activating group) is 1. The van der Waals surface area contributed by atoms with Gasteiger partial charge < -0.3 is 15.1 Å². The Kier molecular flexibility index (Phi) is 8.77. The summed E-state index contributed by atoms with van der Waals surface area (Å²) in [5.41, 5.74) is 3.34. The zero-order valence-electron chi connectivity index (χ0n) is 18.2. The third kappa shape index (κ3) is 6.96. The first-order chi connectivity index (χ1) is 14.8. The number of para-hydroxylation sites is 2. The lowest BCUT2D eigenvalue weighted by Crippen LogP contribution is -2.37. The predicted molar refractivity (Wildman–Crippen MR) is 120 cm³/mol. The highest BCUT2D eigenvalue weighted by atomic mass is 16.2. The molecule has 0 bridgehead atoms. The lowest BCUT2D eigenvalue weighted by atomic mass is 10.1. The van der Waals surface area contributed by atoms with Crippen LogP contribution in [0.15, 0.2) is 48.5 Å². The predicted octanol–water partition coefficient (Wildman–Crippen LogP) is 3.43. The molecule has 31 heavy (non-hydrogen) atoms. The van der Waals surface area contributed by atoms with E-state index in [1.807, 2.05) is 56.3 Å². The monoisotopic (exact) mass is 420 g/mol. The second-order valence-corrected chi connectivity index (χ2v) is 7.35. The minimum atomic E-state index is -0.293. The van der Waals surface area contributed by atoms with E-state index in [0.29, 0.717) is 5.69 Å². The Hall–Kier alpha value is -3.66. The summed E-state index contributed by atoms with van der Waals surface area (Å²) in [6.07, 6.45) is 0.191. The molecular formula is C24H28N4O3. The van der Waals surface area contributed by atoms with E-state index >= 15 is 0 Å². The number of nitrogens with one attached hydrogen (secondary N) is 1. The zero-order chi connectivity index (χ0) is 22.8. The first-order valence-electron chi connectivity index (χ1n) is 10.2. The molecule has 162 valence electrons. The van der Waals surface area contributed by atoms with Crippen molar-refractivity contribution in [3.8, 4) is 6.07 Å². The highest BCUT2D eigenvalue weighted by Crippen LogP contribution is 2.19. The summed E-state index contributed by atoms with van der Waals surface area (Å²) < 4.78 is 0. The Labute approximate surface area is 183 Å². The second kappa shape index (κ2) is 11.5. The van der Waals surface area contributed by atoms with Gasteiger partial charge in [-0.15, -0.1) is 0 Å². The Morgan fingerprint density at radius 1 is 0.935 bits per heavy atom. The van der Waals surface area contributed by atoms with Crippen LogP contribution >= 0.6 is 0 Å². The molecule has 0 saturated heterocycles. The molecule has 0 radical (unpaired) electrons. The maximum absolute atomic E-state index is 12.7. The van der Waals surface area contributed by atoms with Gasteiger partial charge >= 0.3 is 0 Å². The molecule has 0 atom stereocenters. The molecule has 0 aliphatic rings. The summed E-state index contributed by atoms with van der Waals surface area (Å²) in [6.45, 7) is 3.99. The minimum absolute atomic E-state index is 0.00200. The van der Waals surface area contributed by atoms with Crippen molar-refractivity contribution in [1.29, 1.82) is 5.26 Å². The summed E-state index contributed by atoms with van der Waals surface area (Å²) in [5, 5.41) is 11.7. The molecule has 7 heteroatoms. The van der Waals surface area contributed by atoms with Crippen LogP contribution in [0, 0.1) is 25.2 Å². The quantitative estimate of drug-likeness (QED) is 0.673. The molecule has 1 N–H and O–H groups in total. The average molecular weight is 421 g/mol. The van der Waals surface area contributed by atoms with Crippen molar-refractivity contribution in [2.45, 2.75) is 33.1 Å². The lowest BCUT2D eigenvalue weighted by molar-refractivity contribution is -0.134. The largest absolute Gasteiger partial charge is 0.336 e. The van der Waals surface area contributed by atoms with Gasteiger partial charge in [-0.2, -0.15) is 5.26 Å². The highest BCUT2D eigenvalue weighted by molar-refractivity contribution is 5.97. The van der Waals surface area contributed by atoms with Crippen molar-refractivity contribution in [1.82, 2.24) is 4.90 Å². The zero-order valence-corrected chi connectivity index (χ0v) is 18.2. The smallest absolute Gasteiger partial charge is 0.243 e. The number of hydrogen-bond acceptors (Lipinski definition) is 4. The fraction of sp³-hybridized carbons (Fsp3) is 0.333. The molecule has 0 saturated carbocycles. The van der Waals surface area contributed by atoms with Gasteiger partial charge in [-0.1, -0.05) is 36.4 Å². The van der Waals surface area contributed by atoms with E-state index < -0.39 is 0 Å². The van der Waals surface area contributed by atoms with Crippen LogP contribution in [0.4, 0.5) is 11.4 Å². The van der Waals surface area contributed by atoms with E-state index in [0.717, 1.165) is 16.8 Å². The molecule has 2 rings (SSSR count). The van der Waals surface area contributed by atoms with Crippen LogP contribution in [-0.4, -0.2) is 42.8 Å². The maximum Gasteiger partial charge on any atom is 0.243 e. The number of nitrogens with zero attached hydrogens (tertiary/aromatic N) is 3. The van der Waals surface area contributed by atoms with Crippen molar-refractivity contribution in [3.05, 3.63) is 59.7 Å². The number of rotatable bonds is 9. The lowest BCUT2D eigenvalue weighted by Gasteiger charge is -2.22. The standard InChI is InChI=1S/C24H28N4O3/c1-18-9-7-10-19(2)24(18)26-21(29)17-27(3)22(30)13-14-23(31)28(16-8-15-25)20-11-5-4-6-12-20/h4-7,9-12H,8,13-14,16-17H2,1-3H3,(H,26,29). The van der Waals surface area contributed by atoms with Crippen molar-refractivity contribution in [2.75, 3.05) is 30.4 Å². The Morgan fingerprint density at radius 2 is 1.55 bits per heavy atom. The average Bonchev–Trinajstić information content (AvgIpc) is 2.75. The van der Waals surface area contributed by atoms with Crippen molar-refractivity contribution in [3.63, 3.8) is 0 Å². The van der Waals surface area contributed by atoms with Crippen LogP contribution in [0.25, 0.3) is 0 Å². The highest BCUT2D eigenvalue weighted by Gasteiger charge is 2.19. The van der Waals surface area contributed by atoms with E-state index in [1.54, 1.807) is 19.2 Å². The van der Waals surface area contributed by atoms with Gasteiger partial charge in [-0.3, -0.25) is 14.4 Å². The number of anilines is 2. The molecule has 0 aromatic heterocycles. The maximum atomic E-state index is 12.7. The normalized spacial score (nSPS) is 10.1. The number of carbonyl (C=O) groups excluding carboxylic acids is 3. The molecule has 0 spiro atoms. The van der Waals surface area contributed by atoms with Crippen LogP contribution in [0.3, 0.4) is 0 Å². The fourth-order valence-electron chi connectivity index (χ4n) is 3.20.